The van der Waals surface area contributed by atoms with Gasteiger partial charge in [-0.1, -0.05) is 24.3 Å². The summed E-state index contributed by atoms with van der Waals surface area (Å²) in [4.78, 5) is 20.6. The lowest BCUT2D eigenvalue weighted by Crippen LogP contribution is -2.34. The number of guanidine groups is 1. The number of benzene rings is 2. The van der Waals surface area contributed by atoms with Crippen molar-refractivity contribution in [3.05, 3.63) is 64.4 Å². The quantitative estimate of drug-likeness (QED) is 0.630. The Labute approximate surface area is 130 Å². The Morgan fingerprint density at radius 2 is 2.00 bits per heavy atom. The van der Waals surface area contributed by atoms with Gasteiger partial charge in [0.05, 0.1) is 10.9 Å². The highest BCUT2D eigenvalue weighted by Gasteiger charge is 2.24. The van der Waals surface area contributed by atoms with E-state index in [4.69, 9.17) is 5.73 Å². The highest BCUT2D eigenvalue weighted by Crippen LogP contribution is 2.30. The van der Waals surface area contributed by atoms with E-state index < -0.39 is 6.17 Å². The van der Waals surface area contributed by atoms with E-state index in [1.807, 2.05) is 18.2 Å². The maximum absolute atomic E-state index is 12.2. The van der Waals surface area contributed by atoms with Gasteiger partial charge in [-0.25, -0.2) is 4.99 Å². The fourth-order valence-corrected chi connectivity index (χ4v) is 2.77. The van der Waals surface area contributed by atoms with Crippen molar-refractivity contribution in [3.8, 4) is 5.75 Å². The Hall–Kier alpha value is -3.35. The lowest BCUT2D eigenvalue weighted by atomic mass is 10.1. The number of anilines is 1. The second-order valence-electron chi connectivity index (χ2n) is 5.24. The highest BCUT2D eigenvalue weighted by atomic mass is 16.3. The summed E-state index contributed by atoms with van der Waals surface area (Å²) in [5.74, 6) is 0.629. The van der Waals surface area contributed by atoms with Crippen LogP contribution in [-0.2, 0) is 0 Å². The topological polar surface area (TPSA) is 106 Å². The van der Waals surface area contributed by atoms with Gasteiger partial charge in [-0.05, 0) is 24.3 Å². The summed E-state index contributed by atoms with van der Waals surface area (Å²) in [5.41, 5.74) is 6.94. The molecule has 4 rings (SSSR count). The molecular weight excluding hydrogens is 294 g/mol. The molecule has 0 saturated carbocycles. The molecular formula is C16H13N5O2. The summed E-state index contributed by atoms with van der Waals surface area (Å²) in [6.07, 6.45) is -0.517. The van der Waals surface area contributed by atoms with Crippen LogP contribution >= 0.6 is 0 Å². The number of aromatic hydroxyl groups is 1. The molecule has 0 saturated heterocycles. The van der Waals surface area contributed by atoms with E-state index in [-0.39, 0.29) is 17.3 Å². The van der Waals surface area contributed by atoms with Crippen molar-refractivity contribution in [2.75, 3.05) is 5.32 Å². The van der Waals surface area contributed by atoms with Crippen molar-refractivity contribution >= 4 is 22.8 Å². The molecule has 4 N–H and O–H groups in total. The van der Waals surface area contributed by atoms with E-state index in [0.717, 1.165) is 5.56 Å². The zero-order valence-corrected chi connectivity index (χ0v) is 12.0. The van der Waals surface area contributed by atoms with Crippen LogP contribution in [0.2, 0.25) is 0 Å². The van der Waals surface area contributed by atoms with Crippen LogP contribution in [-0.4, -0.2) is 20.6 Å². The van der Waals surface area contributed by atoms with Gasteiger partial charge in [-0.15, -0.1) is 0 Å². The van der Waals surface area contributed by atoms with Gasteiger partial charge >= 0.3 is 0 Å². The summed E-state index contributed by atoms with van der Waals surface area (Å²) >= 11 is 0. The Morgan fingerprint density at radius 1 is 1.17 bits per heavy atom. The van der Waals surface area contributed by atoms with E-state index in [2.05, 4.69) is 15.3 Å². The number of fused-ring (bicyclic) bond motifs is 3. The molecule has 0 spiro atoms. The molecule has 1 aromatic heterocycles. The molecule has 1 atom stereocenters. The average Bonchev–Trinajstić information content (AvgIpc) is 2.54. The molecule has 3 aromatic rings. The van der Waals surface area contributed by atoms with Gasteiger partial charge in [0, 0.05) is 5.56 Å². The van der Waals surface area contributed by atoms with Gasteiger partial charge < -0.3 is 10.8 Å². The van der Waals surface area contributed by atoms with Crippen molar-refractivity contribution < 1.29 is 5.11 Å². The maximum Gasteiger partial charge on any atom is 0.282 e. The molecule has 0 aliphatic carbocycles. The number of aromatic nitrogens is 2. The Balaban J connectivity index is 2.05. The zero-order valence-electron chi connectivity index (χ0n) is 12.0. The van der Waals surface area contributed by atoms with Gasteiger partial charge in [0.2, 0.25) is 5.95 Å². The van der Waals surface area contributed by atoms with E-state index in [1.54, 1.807) is 34.9 Å². The Morgan fingerprint density at radius 3 is 2.83 bits per heavy atom. The summed E-state index contributed by atoms with van der Waals surface area (Å²) in [7, 11) is 0. The van der Waals surface area contributed by atoms with E-state index in [1.165, 1.54) is 0 Å². The van der Waals surface area contributed by atoms with Crippen LogP contribution in [0.25, 0.3) is 10.9 Å². The number of hydrogen-bond acceptors (Lipinski definition) is 6. The molecule has 2 heterocycles. The first-order valence-electron chi connectivity index (χ1n) is 7.04. The minimum atomic E-state index is -0.517. The van der Waals surface area contributed by atoms with E-state index in [9.17, 15) is 9.90 Å². The molecule has 0 bridgehead atoms. The smallest absolute Gasteiger partial charge is 0.282 e. The number of nitrogens with two attached hydrogens (primary N) is 1. The number of para-hydroxylation sites is 1. The normalized spacial score (nSPS) is 16.5. The minimum Gasteiger partial charge on any atom is -0.508 e. The SMILES string of the molecule is NC1=NC(c2cccc(O)c2)n2c(nc(=O)c3ccccc32)N1. The fraction of sp³-hybridized carbons (Fsp3) is 0.0625. The van der Waals surface area contributed by atoms with Gasteiger partial charge in [0.25, 0.3) is 5.56 Å². The molecule has 2 aromatic carbocycles. The predicted octanol–water partition coefficient (Wildman–Crippen LogP) is 1.39. The molecule has 1 aliphatic rings. The lowest BCUT2D eigenvalue weighted by molar-refractivity contribution is 0.472. The van der Waals surface area contributed by atoms with Gasteiger partial charge in [0.1, 0.15) is 5.75 Å². The van der Waals surface area contributed by atoms with Gasteiger partial charge in [-0.3, -0.25) is 14.7 Å². The average molecular weight is 307 g/mol. The first kappa shape index (κ1) is 13.3. The Kier molecular flexibility index (Phi) is 2.80. The molecule has 1 unspecified atom stereocenters. The van der Waals surface area contributed by atoms with Crippen LogP contribution in [0, 0.1) is 0 Å². The van der Waals surface area contributed by atoms with Crippen molar-refractivity contribution in [1.82, 2.24) is 9.55 Å². The van der Waals surface area contributed by atoms with Crippen LogP contribution < -0.4 is 16.6 Å². The first-order chi connectivity index (χ1) is 11.1. The highest BCUT2D eigenvalue weighted by molar-refractivity contribution is 5.93. The minimum absolute atomic E-state index is 0.134. The van der Waals surface area contributed by atoms with Crippen molar-refractivity contribution in [3.63, 3.8) is 0 Å². The van der Waals surface area contributed by atoms with Crippen molar-refractivity contribution in [2.24, 2.45) is 10.7 Å². The first-order valence-corrected chi connectivity index (χ1v) is 7.04. The monoisotopic (exact) mass is 307 g/mol. The predicted molar refractivity (Wildman–Crippen MR) is 87.5 cm³/mol. The van der Waals surface area contributed by atoms with Crippen LogP contribution in [0.15, 0.2) is 58.3 Å². The third-order valence-electron chi connectivity index (χ3n) is 3.74. The summed E-state index contributed by atoms with van der Waals surface area (Å²) < 4.78 is 1.79. The molecule has 1 aliphatic heterocycles. The summed E-state index contributed by atoms with van der Waals surface area (Å²) in [6, 6.07) is 13.9. The third-order valence-corrected chi connectivity index (χ3v) is 3.74. The van der Waals surface area contributed by atoms with Gasteiger partial charge in [0.15, 0.2) is 12.1 Å². The molecule has 0 radical (unpaired) electrons. The second kappa shape index (κ2) is 4.84. The standard InChI is InChI=1S/C16H13N5O2/c17-15-18-13(9-4-3-5-10(22)8-9)21-12-7-2-1-6-11(12)14(23)19-16(21)20-15/h1-8,13,22H,(H3,17,18,19,20,23). The number of nitrogens with zero attached hydrogens (tertiary/aromatic N) is 3. The van der Waals surface area contributed by atoms with Crippen molar-refractivity contribution in [2.45, 2.75) is 6.17 Å². The van der Waals surface area contributed by atoms with Crippen LogP contribution in [0.3, 0.4) is 0 Å². The number of rotatable bonds is 1. The lowest BCUT2D eigenvalue weighted by Gasteiger charge is -2.27. The van der Waals surface area contributed by atoms with Crippen LogP contribution in [0.1, 0.15) is 11.7 Å². The zero-order chi connectivity index (χ0) is 16.0. The number of phenols is 1. The second-order valence-corrected chi connectivity index (χ2v) is 5.24. The largest absolute Gasteiger partial charge is 0.508 e. The maximum atomic E-state index is 12.2. The molecule has 0 fully saturated rings. The molecule has 0 amide bonds. The number of phenolic OH excluding ortho intramolecular Hbond substituents is 1. The van der Waals surface area contributed by atoms with Crippen LogP contribution in [0.5, 0.6) is 5.75 Å². The van der Waals surface area contributed by atoms with Crippen LogP contribution in [0.4, 0.5) is 5.95 Å². The Bertz CT molecular complexity index is 1010. The number of aliphatic imine (C=N–C) groups is 1. The van der Waals surface area contributed by atoms with Gasteiger partial charge in [-0.2, -0.15) is 4.98 Å². The van der Waals surface area contributed by atoms with E-state index in [0.29, 0.717) is 16.9 Å². The fourth-order valence-electron chi connectivity index (χ4n) is 2.77. The number of hydrogen-bond donors (Lipinski definition) is 3. The molecule has 7 nitrogen and oxygen atoms in total. The summed E-state index contributed by atoms with van der Waals surface area (Å²) in [5, 5.41) is 13.1. The summed E-state index contributed by atoms with van der Waals surface area (Å²) in [6.45, 7) is 0. The van der Waals surface area contributed by atoms with Crippen molar-refractivity contribution in [1.29, 1.82) is 0 Å². The molecule has 23 heavy (non-hydrogen) atoms. The molecule has 114 valence electrons. The third kappa shape index (κ3) is 2.10. The number of nitrogens with one attached hydrogen (secondary N) is 1. The van der Waals surface area contributed by atoms with E-state index >= 15 is 0 Å². The molecule has 7 heteroatoms.